The van der Waals surface area contributed by atoms with Crippen LogP contribution in [-0.2, 0) is 0 Å². The summed E-state index contributed by atoms with van der Waals surface area (Å²) in [6.07, 6.45) is 2.61. The molecule has 0 saturated heterocycles. The molecular formula is C17H25N5. The fourth-order valence-corrected chi connectivity index (χ4v) is 2.16. The number of rotatable bonds is 7. The van der Waals surface area contributed by atoms with E-state index in [1.807, 2.05) is 18.2 Å². The molecule has 5 nitrogen and oxygen atoms in total. The SMILES string of the molecule is CC(C)CCNc1ncnc(NC(C)c2ccccc2)c1N. The predicted octanol–water partition coefficient (Wildman–Crippen LogP) is 3.69. The Morgan fingerprint density at radius 1 is 1.05 bits per heavy atom. The van der Waals surface area contributed by atoms with Crippen molar-refractivity contribution in [3.8, 4) is 0 Å². The first-order chi connectivity index (χ1) is 10.6. The van der Waals surface area contributed by atoms with Gasteiger partial charge in [-0.25, -0.2) is 9.97 Å². The molecule has 1 aromatic carbocycles. The van der Waals surface area contributed by atoms with Crippen LogP contribution in [0, 0.1) is 5.92 Å². The minimum Gasteiger partial charge on any atom is -0.393 e. The lowest BCUT2D eigenvalue weighted by atomic mass is 10.1. The Balaban J connectivity index is 2.05. The van der Waals surface area contributed by atoms with Gasteiger partial charge in [-0.2, -0.15) is 0 Å². The van der Waals surface area contributed by atoms with Crippen molar-refractivity contribution in [1.82, 2.24) is 9.97 Å². The van der Waals surface area contributed by atoms with Crippen LogP contribution in [0.5, 0.6) is 0 Å². The van der Waals surface area contributed by atoms with E-state index in [1.54, 1.807) is 0 Å². The van der Waals surface area contributed by atoms with Crippen molar-refractivity contribution in [1.29, 1.82) is 0 Å². The first-order valence-electron chi connectivity index (χ1n) is 7.73. The van der Waals surface area contributed by atoms with Crippen molar-refractivity contribution in [3.63, 3.8) is 0 Å². The quantitative estimate of drug-likeness (QED) is 0.727. The molecule has 0 bridgehead atoms. The van der Waals surface area contributed by atoms with E-state index in [9.17, 15) is 0 Å². The van der Waals surface area contributed by atoms with E-state index >= 15 is 0 Å². The van der Waals surface area contributed by atoms with E-state index in [-0.39, 0.29) is 6.04 Å². The molecule has 0 aliphatic heterocycles. The van der Waals surface area contributed by atoms with Gasteiger partial charge in [0.25, 0.3) is 0 Å². The summed E-state index contributed by atoms with van der Waals surface area (Å²) in [6, 6.07) is 10.3. The Kier molecular flexibility index (Phi) is 5.58. The van der Waals surface area contributed by atoms with Crippen molar-refractivity contribution in [2.45, 2.75) is 33.2 Å². The van der Waals surface area contributed by atoms with E-state index in [2.05, 4.69) is 53.5 Å². The normalized spacial score (nSPS) is 12.2. The molecule has 0 aliphatic rings. The number of hydrogen-bond acceptors (Lipinski definition) is 5. The maximum Gasteiger partial charge on any atom is 0.155 e. The molecule has 1 atom stereocenters. The molecule has 2 rings (SSSR count). The van der Waals surface area contributed by atoms with Crippen LogP contribution < -0.4 is 16.4 Å². The molecule has 118 valence electrons. The maximum atomic E-state index is 6.18. The van der Waals surface area contributed by atoms with Crippen LogP contribution in [0.4, 0.5) is 17.3 Å². The summed E-state index contributed by atoms with van der Waals surface area (Å²) in [7, 11) is 0. The Bertz CT molecular complexity index is 583. The van der Waals surface area contributed by atoms with Gasteiger partial charge in [0.15, 0.2) is 11.6 Å². The molecule has 2 aromatic rings. The lowest BCUT2D eigenvalue weighted by molar-refractivity contribution is 0.606. The standard InChI is InChI=1S/C17H25N5/c1-12(2)9-10-19-16-15(18)17(21-11-20-16)22-13(3)14-7-5-4-6-8-14/h4-8,11-13H,9-10,18H2,1-3H3,(H2,19,20,21,22). The minimum atomic E-state index is 0.127. The smallest absolute Gasteiger partial charge is 0.155 e. The second-order valence-electron chi connectivity index (χ2n) is 5.87. The highest BCUT2D eigenvalue weighted by atomic mass is 15.1. The molecule has 4 N–H and O–H groups in total. The van der Waals surface area contributed by atoms with Gasteiger partial charge in [0, 0.05) is 6.54 Å². The lowest BCUT2D eigenvalue weighted by Gasteiger charge is -2.17. The van der Waals surface area contributed by atoms with Crippen molar-refractivity contribution in [2.24, 2.45) is 5.92 Å². The zero-order valence-corrected chi connectivity index (χ0v) is 13.5. The van der Waals surface area contributed by atoms with Crippen LogP contribution in [0.3, 0.4) is 0 Å². The zero-order chi connectivity index (χ0) is 15.9. The number of nitrogens with zero attached hydrogens (tertiary/aromatic N) is 2. The van der Waals surface area contributed by atoms with E-state index in [0.717, 1.165) is 13.0 Å². The van der Waals surface area contributed by atoms with Gasteiger partial charge < -0.3 is 16.4 Å². The molecule has 1 heterocycles. The summed E-state index contributed by atoms with van der Waals surface area (Å²) in [5.74, 6) is 2.00. The highest BCUT2D eigenvalue weighted by Gasteiger charge is 2.11. The van der Waals surface area contributed by atoms with Crippen molar-refractivity contribution in [2.75, 3.05) is 22.9 Å². The van der Waals surface area contributed by atoms with Crippen LogP contribution in [0.1, 0.15) is 38.8 Å². The summed E-state index contributed by atoms with van der Waals surface area (Å²) in [4.78, 5) is 8.49. The van der Waals surface area contributed by atoms with Gasteiger partial charge in [-0.15, -0.1) is 0 Å². The average Bonchev–Trinajstić information content (AvgIpc) is 2.51. The molecule has 22 heavy (non-hydrogen) atoms. The van der Waals surface area contributed by atoms with Crippen LogP contribution in [-0.4, -0.2) is 16.5 Å². The molecule has 0 radical (unpaired) electrons. The van der Waals surface area contributed by atoms with E-state index < -0.39 is 0 Å². The lowest BCUT2D eigenvalue weighted by Crippen LogP contribution is -2.13. The first kappa shape index (κ1) is 16.1. The number of nitrogens with one attached hydrogen (secondary N) is 2. The third kappa shape index (κ3) is 4.35. The fraction of sp³-hybridized carbons (Fsp3) is 0.412. The molecule has 0 spiro atoms. The van der Waals surface area contributed by atoms with E-state index in [0.29, 0.717) is 23.2 Å². The first-order valence-corrected chi connectivity index (χ1v) is 7.73. The zero-order valence-electron chi connectivity index (χ0n) is 13.5. The summed E-state index contributed by atoms with van der Waals surface area (Å²) in [6.45, 7) is 7.33. The van der Waals surface area contributed by atoms with E-state index in [4.69, 9.17) is 5.73 Å². The van der Waals surface area contributed by atoms with Crippen LogP contribution in [0.2, 0.25) is 0 Å². The summed E-state index contributed by atoms with van der Waals surface area (Å²) < 4.78 is 0. The van der Waals surface area contributed by atoms with Gasteiger partial charge in [0.1, 0.15) is 12.0 Å². The second-order valence-corrected chi connectivity index (χ2v) is 5.87. The third-order valence-electron chi connectivity index (χ3n) is 3.55. The summed E-state index contributed by atoms with van der Waals surface area (Å²) in [5.41, 5.74) is 7.93. The number of nitrogens with two attached hydrogens (primary N) is 1. The van der Waals surface area contributed by atoms with Gasteiger partial charge in [0.05, 0.1) is 6.04 Å². The molecule has 1 aromatic heterocycles. The van der Waals surface area contributed by atoms with Gasteiger partial charge in [-0.3, -0.25) is 0 Å². The Hall–Kier alpha value is -2.30. The number of aromatic nitrogens is 2. The van der Waals surface area contributed by atoms with E-state index in [1.165, 1.54) is 11.9 Å². The number of benzene rings is 1. The summed E-state index contributed by atoms with van der Waals surface area (Å²) in [5, 5.41) is 6.63. The van der Waals surface area contributed by atoms with Gasteiger partial charge in [0.2, 0.25) is 0 Å². The molecule has 5 heteroatoms. The average molecular weight is 299 g/mol. The highest BCUT2D eigenvalue weighted by Crippen LogP contribution is 2.26. The number of anilines is 3. The maximum absolute atomic E-state index is 6.18. The number of hydrogen-bond donors (Lipinski definition) is 3. The van der Waals surface area contributed by atoms with Gasteiger partial charge >= 0.3 is 0 Å². The molecule has 0 aliphatic carbocycles. The predicted molar refractivity (Wildman–Crippen MR) is 92.9 cm³/mol. The second kappa shape index (κ2) is 7.64. The molecule has 1 unspecified atom stereocenters. The van der Waals surface area contributed by atoms with Crippen molar-refractivity contribution in [3.05, 3.63) is 42.2 Å². The minimum absolute atomic E-state index is 0.127. The highest BCUT2D eigenvalue weighted by molar-refractivity contribution is 5.74. The Morgan fingerprint density at radius 3 is 2.41 bits per heavy atom. The Morgan fingerprint density at radius 2 is 1.73 bits per heavy atom. The Labute approximate surface area is 132 Å². The van der Waals surface area contributed by atoms with Crippen LogP contribution in [0.15, 0.2) is 36.7 Å². The molecular weight excluding hydrogens is 274 g/mol. The van der Waals surface area contributed by atoms with Crippen molar-refractivity contribution >= 4 is 17.3 Å². The fourth-order valence-electron chi connectivity index (χ4n) is 2.16. The monoisotopic (exact) mass is 299 g/mol. The largest absolute Gasteiger partial charge is 0.393 e. The molecule has 0 saturated carbocycles. The molecule has 0 amide bonds. The number of nitrogen functional groups attached to an aromatic ring is 1. The third-order valence-corrected chi connectivity index (χ3v) is 3.55. The van der Waals surface area contributed by atoms with Crippen molar-refractivity contribution < 1.29 is 0 Å². The van der Waals surface area contributed by atoms with Crippen LogP contribution >= 0.6 is 0 Å². The topological polar surface area (TPSA) is 75.9 Å². The van der Waals surface area contributed by atoms with Crippen LogP contribution in [0.25, 0.3) is 0 Å². The van der Waals surface area contributed by atoms with Gasteiger partial charge in [-0.05, 0) is 24.8 Å². The van der Waals surface area contributed by atoms with Gasteiger partial charge in [-0.1, -0.05) is 44.2 Å². The molecule has 0 fully saturated rings. The summed E-state index contributed by atoms with van der Waals surface area (Å²) >= 11 is 0.